The Morgan fingerprint density at radius 2 is 1.86 bits per heavy atom. The number of hydrogen-bond donors (Lipinski definition) is 2. The smallest absolute Gasteiger partial charge is 0.341 e. The topological polar surface area (TPSA) is 99.4 Å². The van der Waals surface area contributed by atoms with Crippen molar-refractivity contribution in [2.45, 2.75) is 13.0 Å². The van der Waals surface area contributed by atoms with Crippen molar-refractivity contribution < 1.29 is 19.4 Å². The van der Waals surface area contributed by atoms with Crippen LogP contribution < -0.4 is 10.1 Å². The van der Waals surface area contributed by atoms with Crippen molar-refractivity contribution in [3.8, 4) is 11.8 Å². The van der Waals surface area contributed by atoms with E-state index < -0.39 is 18.5 Å². The van der Waals surface area contributed by atoms with Crippen molar-refractivity contribution in [1.82, 2.24) is 5.32 Å². The van der Waals surface area contributed by atoms with E-state index in [4.69, 9.17) is 33.0 Å². The third-order valence-corrected chi connectivity index (χ3v) is 4.25. The normalized spacial score (nSPS) is 12.0. The van der Waals surface area contributed by atoms with Crippen LogP contribution in [0.5, 0.6) is 5.75 Å². The molecule has 0 spiro atoms. The van der Waals surface area contributed by atoms with E-state index in [1.807, 2.05) is 43.3 Å². The minimum absolute atomic E-state index is 0.0172. The maximum atomic E-state index is 12.4. The summed E-state index contributed by atoms with van der Waals surface area (Å²) < 4.78 is 5.04. The summed E-state index contributed by atoms with van der Waals surface area (Å²) in [5.41, 5.74) is 1.17. The predicted molar refractivity (Wildman–Crippen MR) is 106 cm³/mol. The number of hydrogen-bond acceptors (Lipinski definition) is 4. The van der Waals surface area contributed by atoms with E-state index in [1.165, 1.54) is 18.2 Å². The van der Waals surface area contributed by atoms with Crippen LogP contribution >= 0.6 is 23.2 Å². The zero-order valence-electron chi connectivity index (χ0n) is 14.8. The van der Waals surface area contributed by atoms with Crippen LogP contribution in [0.1, 0.15) is 24.1 Å². The zero-order valence-corrected chi connectivity index (χ0v) is 16.3. The SMILES string of the molecule is C[C@@H](NC(=O)/C(C#N)=C\c1cc(Cl)c(OCC(=O)O)c(Cl)c1)c1ccccc1. The number of halogens is 2. The van der Waals surface area contributed by atoms with Gasteiger partial charge in [-0.1, -0.05) is 53.5 Å². The monoisotopic (exact) mass is 418 g/mol. The van der Waals surface area contributed by atoms with Gasteiger partial charge < -0.3 is 15.2 Å². The number of amides is 1. The van der Waals surface area contributed by atoms with Gasteiger partial charge in [0, 0.05) is 0 Å². The maximum absolute atomic E-state index is 12.4. The standard InChI is InChI=1S/C20H16Cl2N2O4/c1-12(14-5-3-2-4-6-14)24-20(27)15(10-23)7-13-8-16(21)19(17(22)9-13)28-11-18(25)26/h2-9,12H,11H2,1H3,(H,24,27)(H,25,26)/b15-7-/t12-/m1/s1. The first kappa shape index (κ1) is 21.3. The number of nitrogens with one attached hydrogen (secondary N) is 1. The number of carboxylic acid groups (broad SMARTS) is 1. The van der Waals surface area contributed by atoms with E-state index in [0.29, 0.717) is 5.56 Å². The van der Waals surface area contributed by atoms with Gasteiger partial charge in [0.15, 0.2) is 12.4 Å². The largest absolute Gasteiger partial charge is 0.479 e. The van der Waals surface area contributed by atoms with Gasteiger partial charge in [-0.15, -0.1) is 0 Å². The van der Waals surface area contributed by atoms with Gasteiger partial charge in [-0.3, -0.25) is 4.79 Å². The molecular formula is C20H16Cl2N2O4. The lowest BCUT2D eigenvalue weighted by molar-refractivity contribution is -0.139. The Morgan fingerprint density at radius 1 is 1.25 bits per heavy atom. The fourth-order valence-electron chi connectivity index (χ4n) is 2.35. The van der Waals surface area contributed by atoms with Gasteiger partial charge in [-0.25, -0.2) is 4.79 Å². The predicted octanol–water partition coefficient (Wildman–Crippen LogP) is 4.24. The number of ether oxygens (including phenoxy) is 1. The van der Waals surface area contributed by atoms with E-state index in [0.717, 1.165) is 5.56 Å². The molecule has 2 rings (SSSR count). The van der Waals surface area contributed by atoms with Gasteiger partial charge in [0.2, 0.25) is 0 Å². The van der Waals surface area contributed by atoms with Crippen LogP contribution in [-0.4, -0.2) is 23.6 Å². The fourth-order valence-corrected chi connectivity index (χ4v) is 2.96. The summed E-state index contributed by atoms with van der Waals surface area (Å²) in [7, 11) is 0. The minimum Gasteiger partial charge on any atom is -0.479 e. The molecule has 1 atom stereocenters. The summed E-state index contributed by atoms with van der Waals surface area (Å²) in [6.07, 6.45) is 1.34. The summed E-state index contributed by atoms with van der Waals surface area (Å²) in [5.74, 6) is -1.70. The van der Waals surface area contributed by atoms with E-state index >= 15 is 0 Å². The lowest BCUT2D eigenvalue weighted by Gasteiger charge is -2.14. The number of benzene rings is 2. The molecule has 0 unspecified atom stereocenters. The molecule has 0 aliphatic rings. The third kappa shape index (κ3) is 5.74. The molecule has 6 nitrogen and oxygen atoms in total. The number of nitriles is 1. The number of carbonyl (C=O) groups is 2. The summed E-state index contributed by atoms with van der Waals surface area (Å²) in [6.45, 7) is 1.21. The van der Waals surface area contributed by atoms with Gasteiger partial charge in [0.05, 0.1) is 16.1 Å². The van der Waals surface area contributed by atoms with Crippen LogP contribution in [0, 0.1) is 11.3 Å². The Balaban J connectivity index is 2.20. The van der Waals surface area contributed by atoms with Crippen molar-refractivity contribution in [2.75, 3.05) is 6.61 Å². The first-order chi connectivity index (χ1) is 13.3. The lowest BCUT2D eigenvalue weighted by Crippen LogP contribution is -2.27. The minimum atomic E-state index is -1.17. The summed E-state index contributed by atoms with van der Waals surface area (Å²) in [5, 5.41) is 20.9. The molecule has 0 radical (unpaired) electrons. The molecule has 2 aromatic rings. The summed E-state index contributed by atoms with van der Waals surface area (Å²) >= 11 is 12.1. The van der Waals surface area contributed by atoms with Crippen molar-refractivity contribution in [3.63, 3.8) is 0 Å². The second-order valence-electron chi connectivity index (χ2n) is 5.77. The molecule has 0 aliphatic carbocycles. The molecule has 0 fully saturated rings. The van der Waals surface area contributed by atoms with Crippen molar-refractivity contribution in [3.05, 3.63) is 69.2 Å². The Hall–Kier alpha value is -3.01. The number of rotatable bonds is 7. The van der Waals surface area contributed by atoms with Crippen LogP contribution in [0.3, 0.4) is 0 Å². The van der Waals surface area contributed by atoms with E-state index in [9.17, 15) is 14.9 Å². The van der Waals surface area contributed by atoms with Crippen LogP contribution in [0.25, 0.3) is 6.08 Å². The zero-order chi connectivity index (χ0) is 20.7. The molecule has 0 heterocycles. The summed E-state index contributed by atoms with van der Waals surface area (Å²) in [4.78, 5) is 23.0. The van der Waals surface area contributed by atoms with Gasteiger partial charge in [-0.05, 0) is 36.3 Å². The first-order valence-electron chi connectivity index (χ1n) is 8.13. The molecule has 0 saturated heterocycles. The summed E-state index contributed by atoms with van der Waals surface area (Å²) in [6, 6.07) is 13.7. The van der Waals surface area contributed by atoms with Gasteiger partial charge >= 0.3 is 5.97 Å². The highest BCUT2D eigenvalue weighted by Crippen LogP contribution is 2.34. The van der Waals surface area contributed by atoms with Crippen molar-refractivity contribution in [1.29, 1.82) is 5.26 Å². The van der Waals surface area contributed by atoms with Crippen molar-refractivity contribution in [2.24, 2.45) is 0 Å². The third-order valence-electron chi connectivity index (χ3n) is 3.68. The van der Waals surface area contributed by atoms with Crippen LogP contribution in [-0.2, 0) is 9.59 Å². The van der Waals surface area contributed by atoms with E-state index in [1.54, 1.807) is 0 Å². The number of carboxylic acids is 1. The Labute approximate surface area is 171 Å². The van der Waals surface area contributed by atoms with E-state index in [2.05, 4.69) is 5.32 Å². The lowest BCUT2D eigenvalue weighted by atomic mass is 10.1. The molecule has 0 saturated carbocycles. The highest BCUT2D eigenvalue weighted by Gasteiger charge is 2.15. The van der Waals surface area contributed by atoms with Crippen LogP contribution in [0.15, 0.2) is 48.0 Å². The molecule has 2 aromatic carbocycles. The average Bonchev–Trinajstić information content (AvgIpc) is 2.65. The van der Waals surface area contributed by atoms with Gasteiger partial charge in [-0.2, -0.15) is 5.26 Å². The maximum Gasteiger partial charge on any atom is 0.341 e. The molecule has 2 N–H and O–H groups in total. The molecule has 28 heavy (non-hydrogen) atoms. The number of nitrogens with zero attached hydrogens (tertiary/aromatic N) is 1. The quantitative estimate of drug-likeness (QED) is 0.517. The average molecular weight is 419 g/mol. The number of aliphatic carboxylic acids is 1. The molecular weight excluding hydrogens is 403 g/mol. The molecule has 0 aromatic heterocycles. The Bertz CT molecular complexity index is 929. The van der Waals surface area contributed by atoms with E-state index in [-0.39, 0.29) is 27.4 Å². The Morgan fingerprint density at radius 3 is 2.39 bits per heavy atom. The highest BCUT2D eigenvalue weighted by atomic mass is 35.5. The van der Waals surface area contributed by atoms with Gasteiger partial charge in [0.25, 0.3) is 5.91 Å². The van der Waals surface area contributed by atoms with Gasteiger partial charge in [0.1, 0.15) is 11.6 Å². The number of carbonyl (C=O) groups excluding carboxylic acids is 1. The highest BCUT2D eigenvalue weighted by molar-refractivity contribution is 6.37. The van der Waals surface area contributed by atoms with Crippen LogP contribution in [0.4, 0.5) is 0 Å². The second kappa shape index (κ2) is 9.79. The Kier molecular flexibility index (Phi) is 7.44. The molecule has 144 valence electrons. The molecule has 0 bridgehead atoms. The fraction of sp³-hybridized carbons (Fsp3) is 0.150. The molecule has 0 aliphatic heterocycles. The second-order valence-corrected chi connectivity index (χ2v) is 6.59. The molecule has 8 heteroatoms. The van der Waals surface area contributed by atoms with Crippen LogP contribution in [0.2, 0.25) is 10.0 Å². The van der Waals surface area contributed by atoms with Crippen molar-refractivity contribution >= 4 is 41.2 Å². The first-order valence-corrected chi connectivity index (χ1v) is 8.88. The molecule has 1 amide bonds.